The molecule has 0 fully saturated rings. The molecule has 84 valence electrons. The fourth-order valence-corrected chi connectivity index (χ4v) is 1.29. The maximum absolute atomic E-state index is 12.8. The summed E-state index contributed by atoms with van der Waals surface area (Å²) in [6.45, 7) is 0.544. The third-order valence-corrected chi connectivity index (χ3v) is 1.87. The van der Waals surface area contributed by atoms with E-state index < -0.39 is 0 Å². The van der Waals surface area contributed by atoms with Crippen LogP contribution in [0.1, 0.15) is 5.82 Å². The van der Waals surface area contributed by atoms with E-state index >= 15 is 0 Å². The number of aromatic nitrogens is 2. The van der Waals surface area contributed by atoms with Gasteiger partial charge in [-0.3, -0.25) is 0 Å². The van der Waals surface area contributed by atoms with E-state index in [0.29, 0.717) is 13.0 Å². The average molecular weight is 252 g/mol. The van der Waals surface area contributed by atoms with Crippen LogP contribution < -0.4 is 5.73 Å². The molecule has 0 aliphatic carbocycles. The molecule has 1 aromatic carbocycles. The highest BCUT2D eigenvalue weighted by Gasteiger charge is 2.02. The number of hydrogen-bond donors (Lipinski definition) is 2. The third kappa shape index (κ3) is 3.06. The van der Waals surface area contributed by atoms with Crippen LogP contribution in [0.2, 0.25) is 0 Å². The topological polar surface area (TPSA) is 54.7 Å². The highest BCUT2D eigenvalue weighted by molar-refractivity contribution is 5.85. The van der Waals surface area contributed by atoms with Gasteiger partial charge < -0.3 is 10.7 Å². The number of fused-ring (bicyclic) bond motifs is 1. The minimum absolute atomic E-state index is 0. The largest absolute Gasteiger partial charge is 0.342 e. The number of benzene rings is 1. The minimum Gasteiger partial charge on any atom is -0.342 e. The molecule has 0 aliphatic heterocycles. The molecule has 0 bridgehead atoms. The second kappa shape index (κ2) is 5.90. The summed E-state index contributed by atoms with van der Waals surface area (Å²) >= 11 is 0. The van der Waals surface area contributed by atoms with E-state index in [0.717, 1.165) is 16.9 Å². The molecular weight excluding hydrogens is 240 g/mol. The molecule has 1 aromatic heterocycles. The molecule has 0 unspecified atom stereocenters. The summed E-state index contributed by atoms with van der Waals surface area (Å²) in [5.74, 6) is 0.554. The Kier molecular flexibility index (Phi) is 5.57. The lowest BCUT2D eigenvalue weighted by Crippen LogP contribution is -2.03. The van der Waals surface area contributed by atoms with Crippen LogP contribution in [0.5, 0.6) is 0 Å². The zero-order valence-electron chi connectivity index (χ0n) is 7.87. The maximum atomic E-state index is 12.8. The van der Waals surface area contributed by atoms with E-state index in [-0.39, 0.29) is 30.6 Å². The number of halogens is 3. The van der Waals surface area contributed by atoms with Crippen LogP contribution in [0.15, 0.2) is 18.2 Å². The van der Waals surface area contributed by atoms with E-state index in [9.17, 15) is 4.39 Å². The second-order valence-corrected chi connectivity index (χ2v) is 2.88. The molecule has 0 spiro atoms. The lowest BCUT2D eigenvalue weighted by atomic mass is 10.3. The molecule has 2 aromatic rings. The van der Waals surface area contributed by atoms with Crippen LogP contribution in [0.3, 0.4) is 0 Å². The molecule has 6 heteroatoms. The quantitative estimate of drug-likeness (QED) is 0.859. The van der Waals surface area contributed by atoms with Gasteiger partial charge in [-0.15, -0.1) is 24.8 Å². The fourth-order valence-electron chi connectivity index (χ4n) is 1.29. The van der Waals surface area contributed by atoms with Crippen LogP contribution in [0.4, 0.5) is 4.39 Å². The SMILES string of the molecule is Cl.Cl.NCCc1nc2ccc(F)cc2[nH]1. The summed E-state index contributed by atoms with van der Waals surface area (Å²) in [6, 6.07) is 4.49. The van der Waals surface area contributed by atoms with Crippen molar-refractivity contribution in [2.24, 2.45) is 5.73 Å². The van der Waals surface area contributed by atoms with Crippen molar-refractivity contribution in [3.8, 4) is 0 Å². The van der Waals surface area contributed by atoms with Gasteiger partial charge in [-0.05, 0) is 24.7 Å². The highest BCUT2D eigenvalue weighted by atomic mass is 35.5. The van der Waals surface area contributed by atoms with Gasteiger partial charge in [0.1, 0.15) is 11.6 Å². The van der Waals surface area contributed by atoms with Crippen molar-refractivity contribution in [1.82, 2.24) is 9.97 Å². The summed E-state index contributed by atoms with van der Waals surface area (Å²) in [6.07, 6.45) is 0.691. The standard InChI is InChI=1S/C9H10FN3.2ClH/c10-6-1-2-7-8(5-6)13-9(12-7)3-4-11;;/h1-2,5H,3-4,11H2,(H,12,13);2*1H. The molecule has 1 heterocycles. The minimum atomic E-state index is -0.254. The van der Waals surface area contributed by atoms with Crippen LogP contribution in [-0.2, 0) is 6.42 Å². The van der Waals surface area contributed by atoms with E-state index in [1.165, 1.54) is 12.1 Å². The lowest BCUT2D eigenvalue weighted by molar-refractivity contribution is 0.629. The molecule has 3 nitrogen and oxygen atoms in total. The van der Waals surface area contributed by atoms with Crippen molar-refractivity contribution in [3.05, 3.63) is 29.8 Å². The third-order valence-electron chi connectivity index (χ3n) is 1.87. The molecule has 0 atom stereocenters. The Morgan fingerprint density at radius 3 is 2.73 bits per heavy atom. The first kappa shape index (κ1) is 14.2. The van der Waals surface area contributed by atoms with Crippen molar-refractivity contribution in [2.45, 2.75) is 6.42 Å². The Balaban J connectivity index is 0.000000980. The van der Waals surface area contributed by atoms with Gasteiger partial charge >= 0.3 is 0 Å². The van der Waals surface area contributed by atoms with Gasteiger partial charge in [0.25, 0.3) is 0 Å². The number of hydrogen-bond acceptors (Lipinski definition) is 2. The predicted molar refractivity (Wildman–Crippen MR) is 63.3 cm³/mol. The van der Waals surface area contributed by atoms with Crippen LogP contribution in [0, 0.1) is 5.82 Å². The van der Waals surface area contributed by atoms with Gasteiger partial charge in [-0.25, -0.2) is 9.37 Å². The monoisotopic (exact) mass is 251 g/mol. The Hall–Kier alpha value is -0.840. The number of rotatable bonds is 2. The molecule has 0 saturated heterocycles. The number of nitrogens with one attached hydrogen (secondary N) is 1. The Bertz CT molecular complexity index is 430. The molecule has 2 rings (SSSR count). The molecule has 0 aliphatic rings. The second-order valence-electron chi connectivity index (χ2n) is 2.88. The zero-order valence-corrected chi connectivity index (χ0v) is 9.50. The number of nitrogens with two attached hydrogens (primary N) is 1. The molecule has 3 N–H and O–H groups in total. The Morgan fingerprint density at radius 2 is 2.07 bits per heavy atom. The van der Waals surface area contributed by atoms with Crippen molar-refractivity contribution in [3.63, 3.8) is 0 Å². The zero-order chi connectivity index (χ0) is 9.26. The van der Waals surface area contributed by atoms with E-state index in [1.54, 1.807) is 6.07 Å². The lowest BCUT2D eigenvalue weighted by Gasteiger charge is -1.87. The van der Waals surface area contributed by atoms with E-state index in [4.69, 9.17) is 5.73 Å². The summed E-state index contributed by atoms with van der Waals surface area (Å²) in [5.41, 5.74) is 6.89. The summed E-state index contributed by atoms with van der Waals surface area (Å²) in [5, 5.41) is 0. The highest BCUT2D eigenvalue weighted by Crippen LogP contribution is 2.12. The van der Waals surface area contributed by atoms with Gasteiger partial charge in [0.05, 0.1) is 11.0 Å². The molecule has 0 radical (unpaired) electrons. The van der Waals surface area contributed by atoms with Gasteiger partial charge in [0.2, 0.25) is 0 Å². The van der Waals surface area contributed by atoms with Gasteiger partial charge in [-0.1, -0.05) is 0 Å². The molecular formula is C9H12Cl2FN3. The van der Waals surface area contributed by atoms with Gasteiger partial charge in [0, 0.05) is 6.42 Å². The van der Waals surface area contributed by atoms with Crippen LogP contribution in [-0.4, -0.2) is 16.5 Å². The maximum Gasteiger partial charge on any atom is 0.125 e. The summed E-state index contributed by atoms with van der Waals surface area (Å²) in [4.78, 5) is 7.25. The fraction of sp³-hybridized carbons (Fsp3) is 0.222. The number of imidazole rings is 1. The average Bonchev–Trinajstić information content (AvgIpc) is 2.46. The molecule has 0 saturated carbocycles. The first-order valence-corrected chi connectivity index (χ1v) is 4.14. The normalized spacial score (nSPS) is 9.47. The van der Waals surface area contributed by atoms with Gasteiger partial charge in [0.15, 0.2) is 0 Å². The number of H-pyrrole nitrogens is 1. The molecule has 0 amide bonds. The molecule has 15 heavy (non-hydrogen) atoms. The van der Waals surface area contributed by atoms with Gasteiger partial charge in [-0.2, -0.15) is 0 Å². The van der Waals surface area contributed by atoms with E-state index in [1.807, 2.05) is 0 Å². The van der Waals surface area contributed by atoms with E-state index in [2.05, 4.69) is 9.97 Å². The van der Waals surface area contributed by atoms with Crippen LogP contribution in [0.25, 0.3) is 11.0 Å². The van der Waals surface area contributed by atoms with Crippen molar-refractivity contribution in [1.29, 1.82) is 0 Å². The Labute approximate surface area is 99.1 Å². The number of nitrogens with zero attached hydrogens (tertiary/aromatic N) is 1. The van der Waals surface area contributed by atoms with Crippen molar-refractivity contribution in [2.75, 3.05) is 6.54 Å². The summed E-state index contributed by atoms with van der Waals surface area (Å²) in [7, 11) is 0. The first-order valence-electron chi connectivity index (χ1n) is 4.14. The summed E-state index contributed by atoms with van der Waals surface area (Å²) < 4.78 is 12.8. The smallest absolute Gasteiger partial charge is 0.125 e. The Morgan fingerprint density at radius 1 is 1.33 bits per heavy atom. The number of aromatic amines is 1. The van der Waals surface area contributed by atoms with Crippen molar-refractivity contribution < 1.29 is 4.39 Å². The van der Waals surface area contributed by atoms with Crippen molar-refractivity contribution >= 4 is 35.8 Å². The predicted octanol–water partition coefficient (Wildman–Crippen LogP) is 2.05. The van der Waals surface area contributed by atoms with Crippen LogP contribution >= 0.6 is 24.8 Å². The first-order chi connectivity index (χ1) is 6.29.